The van der Waals surface area contributed by atoms with Crippen molar-refractivity contribution < 1.29 is 13.6 Å². The van der Waals surface area contributed by atoms with Gasteiger partial charge in [-0.05, 0) is 31.2 Å². The number of carbonyl (C=O) groups excluding carboxylic acids is 1. The Bertz CT molecular complexity index is 560. The first-order valence-corrected chi connectivity index (χ1v) is 6.17. The Morgan fingerprint density at radius 1 is 1.22 bits per heavy atom. The highest BCUT2D eigenvalue weighted by Gasteiger charge is 2.16. The van der Waals surface area contributed by atoms with Crippen molar-refractivity contribution in [1.29, 1.82) is 0 Å². The Morgan fingerprint density at radius 2 is 1.89 bits per heavy atom. The fourth-order valence-electron chi connectivity index (χ4n) is 1.55. The molecule has 1 amide bonds. The van der Waals surface area contributed by atoms with Crippen molar-refractivity contribution >= 4 is 17.2 Å². The molecule has 0 saturated heterocycles. The Labute approximate surface area is 107 Å². The highest BCUT2D eigenvalue weighted by Crippen LogP contribution is 2.16. The van der Waals surface area contributed by atoms with Crippen LogP contribution in [0.3, 0.4) is 0 Å². The third-order valence-electron chi connectivity index (χ3n) is 2.41. The minimum absolute atomic E-state index is 0.269. The van der Waals surface area contributed by atoms with Crippen molar-refractivity contribution in [3.05, 3.63) is 57.3 Å². The lowest BCUT2D eigenvalue weighted by Crippen LogP contribution is -2.24. The molecular weight excluding hydrogens is 256 g/mol. The van der Waals surface area contributed by atoms with Crippen LogP contribution >= 0.6 is 11.3 Å². The fraction of sp³-hybridized carbons (Fsp3) is 0.154. The molecular formula is C13H11F2NOS. The van der Waals surface area contributed by atoms with Gasteiger partial charge >= 0.3 is 0 Å². The van der Waals surface area contributed by atoms with Gasteiger partial charge in [-0.15, -0.1) is 11.3 Å². The zero-order valence-corrected chi connectivity index (χ0v) is 10.5. The first-order chi connectivity index (χ1) is 8.58. The molecule has 0 fully saturated rings. The standard InChI is InChI=1S/C13H11F2NOS/c1-8-5-6-9(18-8)7-16-13(17)12-10(14)3-2-4-11(12)15/h2-6H,7H2,1H3,(H,16,17). The van der Waals surface area contributed by atoms with E-state index >= 15 is 0 Å². The normalized spacial score (nSPS) is 10.4. The molecule has 0 radical (unpaired) electrons. The summed E-state index contributed by atoms with van der Waals surface area (Å²) in [5, 5.41) is 2.50. The molecule has 0 saturated carbocycles. The maximum absolute atomic E-state index is 13.3. The van der Waals surface area contributed by atoms with Crippen LogP contribution in [0.2, 0.25) is 0 Å². The third-order valence-corrected chi connectivity index (χ3v) is 3.41. The summed E-state index contributed by atoms with van der Waals surface area (Å²) < 4.78 is 26.7. The minimum atomic E-state index is -0.852. The number of aryl methyl sites for hydroxylation is 1. The van der Waals surface area contributed by atoms with E-state index in [1.165, 1.54) is 17.4 Å². The summed E-state index contributed by atoms with van der Waals surface area (Å²) in [6, 6.07) is 7.15. The Morgan fingerprint density at radius 3 is 2.44 bits per heavy atom. The number of benzene rings is 1. The van der Waals surface area contributed by atoms with E-state index in [9.17, 15) is 13.6 Å². The van der Waals surface area contributed by atoms with Gasteiger partial charge in [0.25, 0.3) is 5.91 Å². The molecule has 0 atom stereocenters. The lowest BCUT2D eigenvalue weighted by molar-refractivity contribution is 0.0943. The Kier molecular flexibility index (Phi) is 3.72. The molecule has 5 heteroatoms. The van der Waals surface area contributed by atoms with Crippen LogP contribution in [-0.2, 0) is 6.54 Å². The largest absolute Gasteiger partial charge is 0.347 e. The first-order valence-electron chi connectivity index (χ1n) is 5.35. The number of hydrogen-bond acceptors (Lipinski definition) is 2. The number of thiophene rings is 1. The van der Waals surface area contributed by atoms with E-state index in [2.05, 4.69) is 5.32 Å². The predicted molar refractivity (Wildman–Crippen MR) is 66.6 cm³/mol. The minimum Gasteiger partial charge on any atom is -0.347 e. The predicted octanol–water partition coefficient (Wildman–Crippen LogP) is 3.26. The molecule has 2 aromatic rings. The third kappa shape index (κ3) is 2.73. The molecule has 0 aliphatic rings. The lowest BCUT2D eigenvalue weighted by atomic mass is 10.2. The summed E-state index contributed by atoms with van der Waals surface area (Å²) in [6.07, 6.45) is 0. The SMILES string of the molecule is Cc1ccc(CNC(=O)c2c(F)cccc2F)s1. The second kappa shape index (κ2) is 5.27. The summed E-state index contributed by atoms with van der Waals surface area (Å²) in [6.45, 7) is 2.22. The summed E-state index contributed by atoms with van der Waals surface area (Å²) in [4.78, 5) is 13.7. The second-order valence-electron chi connectivity index (χ2n) is 3.79. The maximum Gasteiger partial charge on any atom is 0.257 e. The van der Waals surface area contributed by atoms with Crippen molar-refractivity contribution in [2.75, 3.05) is 0 Å². The van der Waals surface area contributed by atoms with Gasteiger partial charge < -0.3 is 5.32 Å². The molecule has 18 heavy (non-hydrogen) atoms. The zero-order chi connectivity index (χ0) is 13.1. The van der Waals surface area contributed by atoms with Gasteiger partial charge in [-0.3, -0.25) is 4.79 Å². The van der Waals surface area contributed by atoms with Crippen LogP contribution in [0, 0.1) is 18.6 Å². The number of hydrogen-bond donors (Lipinski definition) is 1. The molecule has 1 N–H and O–H groups in total. The summed E-state index contributed by atoms with van der Waals surface area (Å²) in [5.41, 5.74) is -0.536. The van der Waals surface area contributed by atoms with Gasteiger partial charge in [0.15, 0.2) is 0 Å². The Hall–Kier alpha value is -1.75. The van der Waals surface area contributed by atoms with E-state index in [0.29, 0.717) is 0 Å². The molecule has 2 nitrogen and oxygen atoms in total. The lowest BCUT2D eigenvalue weighted by Gasteiger charge is -2.05. The van der Waals surface area contributed by atoms with Crippen molar-refractivity contribution in [3.8, 4) is 0 Å². The fourth-order valence-corrected chi connectivity index (χ4v) is 2.38. The van der Waals surface area contributed by atoms with Gasteiger partial charge in [-0.2, -0.15) is 0 Å². The average molecular weight is 267 g/mol. The van der Waals surface area contributed by atoms with E-state index in [0.717, 1.165) is 21.9 Å². The van der Waals surface area contributed by atoms with Gasteiger partial charge in [0, 0.05) is 9.75 Å². The van der Waals surface area contributed by atoms with Crippen LogP contribution in [0.25, 0.3) is 0 Å². The molecule has 0 aliphatic heterocycles. The highest BCUT2D eigenvalue weighted by atomic mass is 32.1. The maximum atomic E-state index is 13.3. The molecule has 1 heterocycles. The monoisotopic (exact) mass is 267 g/mol. The molecule has 0 spiro atoms. The van der Waals surface area contributed by atoms with E-state index in [-0.39, 0.29) is 6.54 Å². The summed E-state index contributed by atoms with van der Waals surface area (Å²) in [7, 11) is 0. The number of nitrogens with one attached hydrogen (secondary N) is 1. The van der Waals surface area contributed by atoms with E-state index in [4.69, 9.17) is 0 Å². The number of rotatable bonds is 3. The topological polar surface area (TPSA) is 29.1 Å². The average Bonchev–Trinajstić information content (AvgIpc) is 2.72. The summed E-state index contributed by atoms with van der Waals surface area (Å²) in [5.74, 6) is -2.44. The highest BCUT2D eigenvalue weighted by molar-refractivity contribution is 7.11. The number of halogens is 2. The molecule has 0 unspecified atom stereocenters. The zero-order valence-electron chi connectivity index (χ0n) is 9.67. The van der Waals surface area contributed by atoms with E-state index < -0.39 is 23.1 Å². The van der Waals surface area contributed by atoms with Crippen LogP contribution in [0.4, 0.5) is 8.78 Å². The molecule has 0 aliphatic carbocycles. The van der Waals surface area contributed by atoms with Crippen molar-refractivity contribution in [2.45, 2.75) is 13.5 Å². The van der Waals surface area contributed by atoms with Gasteiger partial charge in [0.05, 0.1) is 6.54 Å². The van der Waals surface area contributed by atoms with Crippen LogP contribution < -0.4 is 5.32 Å². The molecule has 2 rings (SSSR count). The van der Waals surface area contributed by atoms with Crippen LogP contribution in [-0.4, -0.2) is 5.91 Å². The number of amides is 1. The van der Waals surface area contributed by atoms with Gasteiger partial charge in [-0.25, -0.2) is 8.78 Å². The molecule has 0 bridgehead atoms. The number of carbonyl (C=O) groups is 1. The van der Waals surface area contributed by atoms with Crippen molar-refractivity contribution in [2.24, 2.45) is 0 Å². The van der Waals surface area contributed by atoms with Crippen molar-refractivity contribution in [1.82, 2.24) is 5.32 Å². The second-order valence-corrected chi connectivity index (χ2v) is 5.16. The molecule has 1 aromatic carbocycles. The Balaban J connectivity index is 2.08. The van der Waals surface area contributed by atoms with Gasteiger partial charge in [0.1, 0.15) is 17.2 Å². The quantitative estimate of drug-likeness (QED) is 0.908. The van der Waals surface area contributed by atoms with E-state index in [1.807, 2.05) is 19.1 Å². The smallest absolute Gasteiger partial charge is 0.257 e. The summed E-state index contributed by atoms with van der Waals surface area (Å²) >= 11 is 1.53. The van der Waals surface area contributed by atoms with Crippen LogP contribution in [0.15, 0.2) is 30.3 Å². The van der Waals surface area contributed by atoms with Crippen LogP contribution in [0.1, 0.15) is 20.1 Å². The van der Waals surface area contributed by atoms with Gasteiger partial charge in [-0.1, -0.05) is 6.07 Å². The van der Waals surface area contributed by atoms with Gasteiger partial charge in [0.2, 0.25) is 0 Å². The molecule has 1 aromatic heterocycles. The van der Waals surface area contributed by atoms with E-state index in [1.54, 1.807) is 0 Å². The van der Waals surface area contributed by atoms with Crippen LogP contribution in [0.5, 0.6) is 0 Å². The first kappa shape index (κ1) is 12.7. The van der Waals surface area contributed by atoms with Crippen molar-refractivity contribution in [3.63, 3.8) is 0 Å². The molecule has 94 valence electrons.